The largest absolute Gasteiger partial charge is 0.493 e. The third-order valence-electron chi connectivity index (χ3n) is 4.74. The van der Waals surface area contributed by atoms with Crippen LogP contribution in [0, 0.1) is 5.82 Å². The van der Waals surface area contributed by atoms with Gasteiger partial charge in [-0.15, -0.1) is 0 Å². The SMILES string of the molecule is COc1ccc(NC(=O)C=Cc2ccc(F)cc2Cl)cc1OCCN(C(C)C)C(C)C. The van der Waals surface area contributed by atoms with Crippen LogP contribution < -0.4 is 14.8 Å². The van der Waals surface area contributed by atoms with Crippen LogP contribution in [0.15, 0.2) is 42.5 Å². The van der Waals surface area contributed by atoms with Gasteiger partial charge < -0.3 is 14.8 Å². The summed E-state index contributed by atoms with van der Waals surface area (Å²) in [6, 6.07) is 10.0. The highest BCUT2D eigenvalue weighted by molar-refractivity contribution is 6.32. The molecule has 0 heterocycles. The molecule has 168 valence electrons. The van der Waals surface area contributed by atoms with Crippen molar-refractivity contribution in [3.8, 4) is 11.5 Å². The number of carbonyl (C=O) groups excluding carboxylic acids is 1. The molecule has 0 aliphatic carbocycles. The molecule has 0 fully saturated rings. The standard InChI is InChI=1S/C24H30ClFN2O3/c1-16(2)28(17(3)4)12-13-31-23-15-20(9-10-22(23)30-5)27-24(29)11-7-18-6-8-19(26)14-21(18)25/h6-11,14-17H,12-13H2,1-5H3,(H,27,29). The van der Waals surface area contributed by atoms with Gasteiger partial charge in [-0.05, 0) is 63.6 Å². The monoisotopic (exact) mass is 448 g/mol. The summed E-state index contributed by atoms with van der Waals surface area (Å²) in [4.78, 5) is 14.6. The zero-order valence-electron chi connectivity index (χ0n) is 18.6. The Hall–Kier alpha value is -2.57. The minimum absolute atomic E-state index is 0.237. The number of ether oxygens (including phenoxy) is 2. The summed E-state index contributed by atoms with van der Waals surface area (Å²) in [7, 11) is 1.57. The molecule has 0 aliphatic heterocycles. The summed E-state index contributed by atoms with van der Waals surface area (Å²) < 4.78 is 24.5. The maximum absolute atomic E-state index is 13.1. The second kappa shape index (κ2) is 11.7. The van der Waals surface area contributed by atoms with Crippen molar-refractivity contribution in [1.29, 1.82) is 0 Å². The predicted molar refractivity (Wildman–Crippen MR) is 125 cm³/mol. The first-order chi connectivity index (χ1) is 14.7. The van der Waals surface area contributed by atoms with Crippen molar-refractivity contribution in [3.05, 3.63) is 58.9 Å². The van der Waals surface area contributed by atoms with Gasteiger partial charge in [0.1, 0.15) is 12.4 Å². The quantitative estimate of drug-likeness (QED) is 0.478. The van der Waals surface area contributed by atoms with Gasteiger partial charge in [-0.2, -0.15) is 0 Å². The molecular weight excluding hydrogens is 419 g/mol. The summed E-state index contributed by atoms with van der Waals surface area (Å²) in [5.41, 5.74) is 1.12. The fraction of sp³-hybridized carbons (Fsp3) is 0.375. The van der Waals surface area contributed by atoms with Gasteiger partial charge in [0.2, 0.25) is 5.91 Å². The number of hydrogen-bond acceptors (Lipinski definition) is 4. The van der Waals surface area contributed by atoms with E-state index in [1.54, 1.807) is 25.3 Å². The van der Waals surface area contributed by atoms with Crippen LogP contribution in [0.1, 0.15) is 33.3 Å². The van der Waals surface area contributed by atoms with Crippen molar-refractivity contribution in [2.24, 2.45) is 0 Å². The lowest BCUT2D eigenvalue weighted by molar-refractivity contribution is -0.111. The van der Waals surface area contributed by atoms with E-state index in [-0.39, 0.29) is 10.9 Å². The van der Waals surface area contributed by atoms with E-state index in [0.717, 1.165) is 6.54 Å². The van der Waals surface area contributed by atoms with Gasteiger partial charge in [0.15, 0.2) is 11.5 Å². The van der Waals surface area contributed by atoms with Crippen molar-refractivity contribution >= 4 is 29.3 Å². The fourth-order valence-corrected chi connectivity index (χ4v) is 3.46. The zero-order valence-corrected chi connectivity index (χ0v) is 19.4. The van der Waals surface area contributed by atoms with E-state index < -0.39 is 5.82 Å². The van der Waals surface area contributed by atoms with Crippen molar-refractivity contribution in [1.82, 2.24) is 4.90 Å². The van der Waals surface area contributed by atoms with Gasteiger partial charge >= 0.3 is 0 Å². The number of hydrogen-bond donors (Lipinski definition) is 1. The van der Waals surface area contributed by atoms with E-state index in [1.165, 1.54) is 30.4 Å². The normalized spacial score (nSPS) is 11.5. The second-order valence-electron chi connectivity index (χ2n) is 7.63. The van der Waals surface area contributed by atoms with Crippen molar-refractivity contribution in [3.63, 3.8) is 0 Å². The number of amides is 1. The molecule has 2 aromatic rings. The van der Waals surface area contributed by atoms with Gasteiger partial charge in [-0.1, -0.05) is 17.7 Å². The molecule has 0 bridgehead atoms. The average molecular weight is 449 g/mol. The van der Waals surface area contributed by atoms with Crippen LogP contribution in [0.3, 0.4) is 0 Å². The molecule has 1 N–H and O–H groups in total. The highest BCUT2D eigenvalue weighted by atomic mass is 35.5. The van der Waals surface area contributed by atoms with E-state index in [2.05, 4.69) is 37.9 Å². The van der Waals surface area contributed by atoms with Crippen LogP contribution in [0.4, 0.5) is 10.1 Å². The van der Waals surface area contributed by atoms with Gasteiger partial charge in [0, 0.05) is 36.5 Å². The molecule has 0 spiro atoms. The zero-order chi connectivity index (χ0) is 23.0. The van der Waals surface area contributed by atoms with E-state index in [1.807, 2.05) is 0 Å². The Morgan fingerprint density at radius 1 is 1.13 bits per heavy atom. The molecule has 0 radical (unpaired) electrons. The highest BCUT2D eigenvalue weighted by Gasteiger charge is 2.14. The van der Waals surface area contributed by atoms with E-state index in [0.29, 0.717) is 41.4 Å². The summed E-state index contributed by atoms with van der Waals surface area (Å²) in [5, 5.41) is 3.02. The van der Waals surface area contributed by atoms with Gasteiger partial charge in [0.25, 0.3) is 0 Å². The molecule has 2 aromatic carbocycles. The number of benzene rings is 2. The topological polar surface area (TPSA) is 50.8 Å². The van der Waals surface area contributed by atoms with Crippen molar-refractivity contribution < 1.29 is 18.7 Å². The van der Waals surface area contributed by atoms with Crippen LogP contribution in [-0.4, -0.2) is 43.2 Å². The van der Waals surface area contributed by atoms with Crippen LogP contribution >= 0.6 is 11.6 Å². The van der Waals surface area contributed by atoms with Gasteiger partial charge in [0.05, 0.1) is 12.1 Å². The van der Waals surface area contributed by atoms with E-state index in [4.69, 9.17) is 21.1 Å². The molecule has 0 atom stereocenters. The molecular formula is C24H30ClFN2O3. The molecule has 0 aromatic heterocycles. The Kier molecular flexibility index (Phi) is 9.34. The average Bonchev–Trinajstić information content (AvgIpc) is 2.70. The van der Waals surface area contributed by atoms with E-state index >= 15 is 0 Å². The van der Waals surface area contributed by atoms with Crippen LogP contribution in [-0.2, 0) is 4.79 Å². The Morgan fingerprint density at radius 2 is 1.84 bits per heavy atom. The van der Waals surface area contributed by atoms with Crippen LogP contribution in [0.2, 0.25) is 5.02 Å². The third-order valence-corrected chi connectivity index (χ3v) is 5.07. The molecule has 7 heteroatoms. The number of carbonyl (C=O) groups is 1. The molecule has 0 aliphatic rings. The number of rotatable bonds is 10. The fourth-order valence-electron chi connectivity index (χ4n) is 3.23. The summed E-state index contributed by atoms with van der Waals surface area (Å²) >= 11 is 5.98. The number of nitrogens with zero attached hydrogens (tertiary/aromatic N) is 1. The molecule has 5 nitrogen and oxygen atoms in total. The molecule has 0 unspecified atom stereocenters. The molecule has 2 rings (SSSR count). The number of methoxy groups -OCH3 is 1. The first kappa shape index (κ1) is 24.7. The predicted octanol–water partition coefficient (Wildman–Crippen LogP) is 5.64. The van der Waals surface area contributed by atoms with E-state index in [9.17, 15) is 9.18 Å². The first-order valence-corrected chi connectivity index (χ1v) is 10.6. The summed E-state index contributed by atoms with van der Waals surface area (Å²) in [6.07, 6.45) is 2.87. The lowest BCUT2D eigenvalue weighted by Crippen LogP contribution is -2.39. The number of nitrogens with one attached hydrogen (secondary N) is 1. The Balaban J connectivity index is 2.03. The number of anilines is 1. The molecule has 31 heavy (non-hydrogen) atoms. The van der Waals surface area contributed by atoms with Crippen LogP contribution in [0.25, 0.3) is 6.08 Å². The van der Waals surface area contributed by atoms with Crippen molar-refractivity contribution in [2.75, 3.05) is 25.6 Å². The molecule has 0 saturated carbocycles. The Labute approximate surface area is 188 Å². The van der Waals surface area contributed by atoms with Gasteiger partial charge in [-0.25, -0.2) is 4.39 Å². The highest BCUT2D eigenvalue weighted by Crippen LogP contribution is 2.30. The number of halogens is 2. The van der Waals surface area contributed by atoms with Gasteiger partial charge in [-0.3, -0.25) is 9.69 Å². The lowest BCUT2D eigenvalue weighted by atomic mass is 10.2. The maximum Gasteiger partial charge on any atom is 0.248 e. The lowest BCUT2D eigenvalue weighted by Gasteiger charge is -2.30. The summed E-state index contributed by atoms with van der Waals surface area (Å²) in [6.45, 7) is 9.89. The molecule has 0 saturated heterocycles. The van der Waals surface area contributed by atoms with Crippen molar-refractivity contribution in [2.45, 2.75) is 39.8 Å². The first-order valence-electron chi connectivity index (χ1n) is 10.2. The Bertz CT molecular complexity index is 908. The minimum atomic E-state index is -0.428. The summed E-state index contributed by atoms with van der Waals surface area (Å²) in [5.74, 6) is 0.371. The third kappa shape index (κ3) is 7.56. The van der Waals surface area contributed by atoms with Crippen LogP contribution in [0.5, 0.6) is 11.5 Å². The smallest absolute Gasteiger partial charge is 0.248 e. The second-order valence-corrected chi connectivity index (χ2v) is 8.04. The minimum Gasteiger partial charge on any atom is -0.493 e. The Morgan fingerprint density at radius 3 is 2.45 bits per heavy atom. The molecule has 1 amide bonds. The maximum atomic E-state index is 13.1.